The van der Waals surface area contributed by atoms with Gasteiger partial charge in [0.05, 0.1) is 26.9 Å². The van der Waals surface area contributed by atoms with Crippen molar-refractivity contribution in [3.8, 4) is 11.5 Å². The predicted octanol–water partition coefficient (Wildman–Crippen LogP) is 2.07. The molecule has 0 heterocycles. The van der Waals surface area contributed by atoms with Crippen molar-refractivity contribution < 1.29 is 18.9 Å². The molecule has 0 aromatic heterocycles. The largest absolute Gasteiger partial charge is 0.493 e. The molecule has 0 aliphatic carbocycles. The number of rotatable bonds is 13. The molecule has 1 unspecified atom stereocenters. The van der Waals surface area contributed by atoms with Crippen LogP contribution in [0, 0.1) is 0 Å². The number of hydrogen-bond acceptors (Lipinski definition) is 5. The number of nitrogens with zero attached hydrogens (tertiary/aromatic N) is 1. The summed E-state index contributed by atoms with van der Waals surface area (Å²) in [7, 11) is 5.07. The van der Waals surface area contributed by atoms with E-state index in [1.54, 1.807) is 21.3 Å². The molecule has 2 N–H and O–H groups in total. The van der Waals surface area contributed by atoms with Gasteiger partial charge in [-0.3, -0.25) is 4.99 Å². The first-order chi connectivity index (χ1) is 12.7. The molecule has 148 valence electrons. The molecule has 0 radical (unpaired) electrons. The molecular weight excluding hydrogens is 334 g/mol. The van der Waals surface area contributed by atoms with Gasteiger partial charge in [0.2, 0.25) is 0 Å². The van der Waals surface area contributed by atoms with Crippen LogP contribution >= 0.6 is 0 Å². The third-order valence-electron chi connectivity index (χ3n) is 3.62. The summed E-state index contributed by atoms with van der Waals surface area (Å²) in [6.45, 7) is 5.53. The number of nitrogens with one attached hydrogen (secondary N) is 2. The van der Waals surface area contributed by atoms with Crippen LogP contribution in [0.5, 0.6) is 11.5 Å². The number of unbranched alkanes of at least 4 members (excludes halogenated alkanes) is 1. The van der Waals surface area contributed by atoms with Crippen molar-refractivity contribution in [2.75, 3.05) is 54.2 Å². The SMILES string of the molecule is CN=C(NCCCCOCCOC)NCC(C)Oc1ccccc1OC. The third-order valence-corrected chi connectivity index (χ3v) is 3.62. The van der Waals surface area contributed by atoms with Crippen LogP contribution in [-0.2, 0) is 9.47 Å². The van der Waals surface area contributed by atoms with Gasteiger partial charge in [0, 0.05) is 27.3 Å². The molecule has 7 nitrogen and oxygen atoms in total. The fraction of sp³-hybridized carbons (Fsp3) is 0.632. The van der Waals surface area contributed by atoms with Gasteiger partial charge in [0.1, 0.15) is 6.10 Å². The maximum atomic E-state index is 5.92. The number of methoxy groups -OCH3 is 2. The Balaban J connectivity index is 2.19. The van der Waals surface area contributed by atoms with Crippen LogP contribution in [0.2, 0.25) is 0 Å². The van der Waals surface area contributed by atoms with E-state index in [1.807, 2.05) is 31.2 Å². The summed E-state index contributed by atoms with van der Waals surface area (Å²) in [6, 6.07) is 7.63. The molecule has 0 saturated heterocycles. The van der Waals surface area contributed by atoms with E-state index >= 15 is 0 Å². The molecule has 0 aliphatic rings. The fourth-order valence-corrected chi connectivity index (χ4v) is 2.22. The summed E-state index contributed by atoms with van der Waals surface area (Å²) in [5.74, 6) is 2.23. The Hall–Kier alpha value is -1.99. The molecule has 1 rings (SSSR count). The molecule has 26 heavy (non-hydrogen) atoms. The van der Waals surface area contributed by atoms with Crippen molar-refractivity contribution in [3.63, 3.8) is 0 Å². The zero-order valence-corrected chi connectivity index (χ0v) is 16.4. The lowest BCUT2D eigenvalue weighted by Gasteiger charge is -2.19. The van der Waals surface area contributed by atoms with E-state index in [-0.39, 0.29) is 6.10 Å². The van der Waals surface area contributed by atoms with Gasteiger partial charge in [0.15, 0.2) is 17.5 Å². The van der Waals surface area contributed by atoms with Crippen molar-refractivity contribution in [1.82, 2.24) is 10.6 Å². The molecule has 1 atom stereocenters. The smallest absolute Gasteiger partial charge is 0.191 e. The standard InChI is InChI=1S/C19H33N3O4/c1-16(26-18-10-6-5-9-17(18)24-4)15-22-19(20-2)21-11-7-8-12-25-14-13-23-3/h5-6,9-10,16H,7-8,11-15H2,1-4H3,(H2,20,21,22). The second-order valence-corrected chi connectivity index (χ2v) is 5.77. The molecule has 7 heteroatoms. The summed E-state index contributed by atoms with van der Waals surface area (Å²) in [6.07, 6.45) is 1.99. The number of para-hydroxylation sites is 2. The minimum Gasteiger partial charge on any atom is -0.493 e. The van der Waals surface area contributed by atoms with E-state index in [4.69, 9.17) is 18.9 Å². The maximum Gasteiger partial charge on any atom is 0.191 e. The highest BCUT2D eigenvalue weighted by molar-refractivity contribution is 5.79. The molecule has 0 bridgehead atoms. The van der Waals surface area contributed by atoms with Crippen LogP contribution in [0.25, 0.3) is 0 Å². The molecule has 0 fully saturated rings. The summed E-state index contributed by atoms with van der Waals surface area (Å²) in [5, 5.41) is 6.56. The van der Waals surface area contributed by atoms with Gasteiger partial charge in [0.25, 0.3) is 0 Å². The number of hydrogen-bond donors (Lipinski definition) is 2. The topological polar surface area (TPSA) is 73.3 Å². The molecule has 0 saturated carbocycles. The van der Waals surface area contributed by atoms with Crippen molar-refractivity contribution in [2.24, 2.45) is 4.99 Å². The molecule has 1 aromatic rings. The summed E-state index contributed by atoms with van der Waals surface area (Å²) < 4.78 is 21.6. The molecule has 0 aliphatic heterocycles. The lowest BCUT2D eigenvalue weighted by molar-refractivity contribution is 0.0689. The van der Waals surface area contributed by atoms with Gasteiger partial charge < -0.3 is 29.6 Å². The third kappa shape index (κ3) is 9.48. The van der Waals surface area contributed by atoms with Gasteiger partial charge >= 0.3 is 0 Å². The Morgan fingerprint density at radius 2 is 1.81 bits per heavy atom. The Kier molecular flexibility index (Phi) is 12.1. The Labute approximate surface area is 157 Å². The van der Waals surface area contributed by atoms with E-state index < -0.39 is 0 Å². The van der Waals surface area contributed by atoms with Crippen LogP contribution in [0.15, 0.2) is 29.3 Å². The Morgan fingerprint density at radius 3 is 2.50 bits per heavy atom. The van der Waals surface area contributed by atoms with Crippen LogP contribution in [0.3, 0.4) is 0 Å². The number of benzene rings is 1. The van der Waals surface area contributed by atoms with Gasteiger partial charge in [-0.2, -0.15) is 0 Å². The van der Waals surface area contributed by atoms with E-state index in [0.29, 0.717) is 19.8 Å². The Morgan fingerprint density at radius 1 is 1.04 bits per heavy atom. The summed E-state index contributed by atoms with van der Waals surface area (Å²) >= 11 is 0. The highest BCUT2D eigenvalue weighted by Crippen LogP contribution is 2.26. The molecular formula is C19H33N3O4. The lowest BCUT2D eigenvalue weighted by Crippen LogP contribution is -2.42. The van der Waals surface area contributed by atoms with Crippen molar-refractivity contribution >= 4 is 5.96 Å². The van der Waals surface area contributed by atoms with Crippen molar-refractivity contribution in [1.29, 1.82) is 0 Å². The summed E-state index contributed by atoms with van der Waals surface area (Å²) in [5.41, 5.74) is 0. The average Bonchev–Trinajstić information content (AvgIpc) is 2.66. The van der Waals surface area contributed by atoms with Crippen LogP contribution in [-0.4, -0.2) is 66.2 Å². The first kappa shape index (κ1) is 22.1. The predicted molar refractivity (Wildman–Crippen MR) is 104 cm³/mol. The quantitative estimate of drug-likeness (QED) is 0.316. The highest BCUT2D eigenvalue weighted by Gasteiger charge is 2.09. The lowest BCUT2D eigenvalue weighted by atomic mass is 10.3. The Bertz CT molecular complexity index is 511. The monoisotopic (exact) mass is 367 g/mol. The van der Waals surface area contributed by atoms with Gasteiger partial charge in [-0.05, 0) is 31.9 Å². The maximum absolute atomic E-state index is 5.92. The van der Waals surface area contributed by atoms with E-state index in [1.165, 1.54) is 0 Å². The van der Waals surface area contributed by atoms with Crippen LogP contribution in [0.4, 0.5) is 0 Å². The second-order valence-electron chi connectivity index (χ2n) is 5.77. The zero-order chi connectivity index (χ0) is 19.0. The first-order valence-corrected chi connectivity index (χ1v) is 9.02. The average molecular weight is 367 g/mol. The normalized spacial score (nSPS) is 12.5. The first-order valence-electron chi connectivity index (χ1n) is 9.02. The van der Waals surface area contributed by atoms with E-state index in [0.717, 1.165) is 43.5 Å². The summed E-state index contributed by atoms with van der Waals surface area (Å²) in [4.78, 5) is 4.23. The van der Waals surface area contributed by atoms with Crippen LogP contribution in [0.1, 0.15) is 19.8 Å². The molecule has 0 amide bonds. The minimum absolute atomic E-state index is 0.0287. The highest BCUT2D eigenvalue weighted by atomic mass is 16.5. The van der Waals surface area contributed by atoms with Gasteiger partial charge in [-0.15, -0.1) is 0 Å². The van der Waals surface area contributed by atoms with Gasteiger partial charge in [-0.1, -0.05) is 12.1 Å². The minimum atomic E-state index is -0.0287. The molecule has 1 aromatic carbocycles. The molecule has 0 spiro atoms. The van der Waals surface area contributed by atoms with Crippen molar-refractivity contribution in [2.45, 2.75) is 25.9 Å². The van der Waals surface area contributed by atoms with Crippen molar-refractivity contribution in [3.05, 3.63) is 24.3 Å². The van der Waals surface area contributed by atoms with E-state index in [9.17, 15) is 0 Å². The van der Waals surface area contributed by atoms with Crippen LogP contribution < -0.4 is 20.1 Å². The van der Waals surface area contributed by atoms with E-state index in [2.05, 4.69) is 15.6 Å². The number of ether oxygens (including phenoxy) is 4. The second kappa shape index (κ2) is 14.2. The fourth-order valence-electron chi connectivity index (χ4n) is 2.22. The number of aliphatic imine (C=N–C) groups is 1. The van der Waals surface area contributed by atoms with Gasteiger partial charge in [-0.25, -0.2) is 0 Å². The number of guanidine groups is 1. The zero-order valence-electron chi connectivity index (χ0n) is 16.4.